The number of rotatable bonds is 2. The van der Waals surface area contributed by atoms with E-state index in [2.05, 4.69) is 4.98 Å². The lowest BCUT2D eigenvalue weighted by atomic mass is 10.1. The quantitative estimate of drug-likeness (QED) is 0.610. The van der Waals surface area contributed by atoms with E-state index in [1.165, 1.54) is 12.3 Å². The standard InChI is InChI=1S/C12H8Cl2N2O2/c1-7-5-8(16(17)18)6-15-12(7)9-3-2-4-10(13)11(9)14/h2-6H,1H3. The van der Waals surface area contributed by atoms with Crippen LogP contribution in [0, 0.1) is 17.0 Å². The van der Waals surface area contributed by atoms with Crippen molar-refractivity contribution in [3.8, 4) is 11.3 Å². The number of aromatic nitrogens is 1. The van der Waals surface area contributed by atoms with Gasteiger partial charge >= 0.3 is 0 Å². The Morgan fingerprint density at radius 3 is 2.67 bits per heavy atom. The lowest BCUT2D eigenvalue weighted by Crippen LogP contribution is -1.94. The topological polar surface area (TPSA) is 56.0 Å². The highest BCUT2D eigenvalue weighted by molar-refractivity contribution is 6.43. The summed E-state index contributed by atoms with van der Waals surface area (Å²) in [7, 11) is 0. The summed E-state index contributed by atoms with van der Waals surface area (Å²) in [5.74, 6) is 0. The zero-order valence-electron chi connectivity index (χ0n) is 9.35. The molecular formula is C12H8Cl2N2O2. The first-order valence-electron chi connectivity index (χ1n) is 5.06. The minimum absolute atomic E-state index is 0.0469. The summed E-state index contributed by atoms with van der Waals surface area (Å²) >= 11 is 12.0. The van der Waals surface area contributed by atoms with E-state index in [1.54, 1.807) is 25.1 Å². The maximum atomic E-state index is 10.6. The Labute approximate surface area is 113 Å². The fraction of sp³-hybridized carbons (Fsp3) is 0.0833. The van der Waals surface area contributed by atoms with Gasteiger partial charge in [0, 0.05) is 11.6 Å². The summed E-state index contributed by atoms with van der Waals surface area (Å²) in [5, 5.41) is 11.5. The third-order valence-electron chi connectivity index (χ3n) is 2.48. The van der Waals surface area contributed by atoms with Crippen LogP contribution >= 0.6 is 23.2 Å². The smallest absolute Gasteiger partial charge is 0.258 e. The number of aryl methyl sites for hydroxylation is 1. The van der Waals surface area contributed by atoms with Gasteiger partial charge in [0.1, 0.15) is 6.20 Å². The van der Waals surface area contributed by atoms with E-state index in [-0.39, 0.29) is 5.69 Å². The molecule has 0 unspecified atom stereocenters. The van der Waals surface area contributed by atoms with Crippen LogP contribution in [0.4, 0.5) is 5.69 Å². The number of pyridine rings is 1. The molecule has 1 heterocycles. The van der Waals surface area contributed by atoms with Crippen molar-refractivity contribution in [3.63, 3.8) is 0 Å². The van der Waals surface area contributed by atoms with E-state index in [0.717, 1.165) is 0 Å². The third kappa shape index (κ3) is 2.30. The summed E-state index contributed by atoms with van der Waals surface area (Å²) in [5.41, 5.74) is 1.88. The Kier molecular flexibility index (Phi) is 3.50. The van der Waals surface area contributed by atoms with Crippen molar-refractivity contribution in [2.75, 3.05) is 0 Å². The van der Waals surface area contributed by atoms with Gasteiger partial charge in [-0.3, -0.25) is 10.1 Å². The minimum atomic E-state index is -0.483. The second-order valence-corrected chi connectivity index (χ2v) is 4.50. The van der Waals surface area contributed by atoms with Crippen molar-refractivity contribution in [1.29, 1.82) is 0 Å². The van der Waals surface area contributed by atoms with E-state index in [4.69, 9.17) is 23.2 Å². The molecule has 6 heteroatoms. The van der Waals surface area contributed by atoms with E-state index in [0.29, 0.717) is 26.9 Å². The van der Waals surface area contributed by atoms with Gasteiger partial charge in [0.15, 0.2) is 0 Å². The summed E-state index contributed by atoms with van der Waals surface area (Å²) in [4.78, 5) is 14.2. The van der Waals surface area contributed by atoms with Gasteiger partial charge < -0.3 is 0 Å². The number of hydrogen-bond donors (Lipinski definition) is 0. The Balaban J connectivity index is 2.58. The molecule has 0 radical (unpaired) electrons. The summed E-state index contributed by atoms with van der Waals surface area (Å²) in [6, 6.07) is 6.66. The highest BCUT2D eigenvalue weighted by atomic mass is 35.5. The first kappa shape index (κ1) is 12.8. The van der Waals surface area contributed by atoms with Crippen LogP contribution < -0.4 is 0 Å². The highest BCUT2D eigenvalue weighted by Gasteiger charge is 2.14. The number of nitro groups is 1. The van der Waals surface area contributed by atoms with Gasteiger partial charge in [-0.15, -0.1) is 0 Å². The number of nitrogens with zero attached hydrogens (tertiary/aromatic N) is 2. The fourth-order valence-corrected chi connectivity index (χ4v) is 2.02. The van der Waals surface area contributed by atoms with E-state index >= 15 is 0 Å². The molecule has 0 aliphatic rings. The van der Waals surface area contributed by atoms with Gasteiger partial charge in [-0.2, -0.15) is 0 Å². The molecule has 0 N–H and O–H groups in total. The van der Waals surface area contributed by atoms with Crippen molar-refractivity contribution in [3.05, 3.63) is 56.2 Å². The van der Waals surface area contributed by atoms with E-state index < -0.39 is 4.92 Å². The first-order valence-corrected chi connectivity index (χ1v) is 5.81. The van der Waals surface area contributed by atoms with Gasteiger partial charge in [-0.05, 0) is 18.6 Å². The zero-order chi connectivity index (χ0) is 13.3. The molecular weight excluding hydrogens is 275 g/mol. The van der Waals surface area contributed by atoms with Crippen LogP contribution in [0.1, 0.15) is 5.56 Å². The molecule has 2 aromatic rings. The van der Waals surface area contributed by atoms with Crippen molar-refractivity contribution < 1.29 is 4.92 Å². The molecule has 1 aromatic heterocycles. The van der Waals surface area contributed by atoms with Gasteiger partial charge in [0.25, 0.3) is 5.69 Å². The van der Waals surface area contributed by atoms with Crippen molar-refractivity contribution in [1.82, 2.24) is 4.98 Å². The maximum Gasteiger partial charge on any atom is 0.287 e. The summed E-state index contributed by atoms with van der Waals surface area (Å²) in [6.07, 6.45) is 1.21. The molecule has 92 valence electrons. The molecule has 4 nitrogen and oxygen atoms in total. The van der Waals surface area contributed by atoms with Crippen molar-refractivity contribution >= 4 is 28.9 Å². The molecule has 0 saturated carbocycles. The van der Waals surface area contributed by atoms with Gasteiger partial charge in [-0.25, -0.2) is 4.98 Å². The van der Waals surface area contributed by atoms with Crippen LogP contribution in [0.5, 0.6) is 0 Å². The molecule has 0 atom stereocenters. The molecule has 0 spiro atoms. The van der Waals surface area contributed by atoms with Crippen molar-refractivity contribution in [2.24, 2.45) is 0 Å². The predicted molar refractivity (Wildman–Crippen MR) is 71.1 cm³/mol. The lowest BCUT2D eigenvalue weighted by molar-refractivity contribution is -0.385. The first-order chi connectivity index (χ1) is 8.50. The van der Waals surface area contributed by atoms with Gasteiger partial charge in [-0.1, -0.05) is 35.3 Å². The number of hydrogen-bond acceptors (Lipinski definition) is 3. The Morgan fingerprint density at radius 2 is 2.06 bits per heavy atom. The Hall–Kier alpha value is -1.65. The minimum Gasteiger partial charge on any atom is -0.258 e. The average Bonchev–Trinajstić information content (AvgIpc) is 2.33. The predicted octanol–water partition coefficient (Wildman–Crippen LogP) is 4.27. The van der Waals surface area contributed by atoms with Gasteiger partial charge in [0.05, 0.1) is 20.7 Å². The van der Waals surface area contributed by atoms with Crippen LogP contribution in [0.25, 0.3) is 11.3 Å². The lowest BCUT2D eigenvalue weighted by Gasteiger charge is -2.07. The molecule has 0 aliphatic carbocycles. The second kappa shape index (κ2) is 4.92. The molecule has 0 fully saturated rings. The zero-order valence-corrected chi connectivity index (χ0v) is 10.9. The fourth-order valence-electron chi connectivity index (χ4n) is 1.63. The van der Waals surface area contributed by atoms with Crippen LogP contribution in [-0.4, -0.2) is 9.91 Å². The average molecular weight is 283 g/mol. The maximum absolute atomic E-state index is 10.6. The molecule has 0 saturated heterocycles. The van der Waals surface area contributed by atoms with Crippen LogP contribution in [0.2, 0.25) is 10.0 Å². The van der Waals surface area contributed by atoms with E-state index in [9.17, 15) is 10.1 Å². The highest BCUT2D eigenvalue weighted by Crippen LogP contribution is 2.34. The molecule has 1 aromatic carbocycles. The normalized spacial score (nSPS) is 10.4. The van der Waals surface area contributed by atoms with Crippen LogP contribution in [-0.2, 0) is 0 Å². The molecule has 18 heavy (non-hydrogen) atoms. The largest absolute Gasteiger partial charge is 0.287 e. The van der Waals surface area contributed by atoms with Crippen molar-refractivity contribution in [2.45, 2.75) is 6.92 Å². The molecule has 0 amide bonds. The van der Waals surface area contributed by atoms with Crippen LogP contribution in [0.3, 0.4) is 0 Å². The Bertz CT molecular complexity index is 629. The molecule has 2 rings (SSSR count). The van der Waals surface area contributed by atoms with Crippen LogP contribution in [0.15, 0.2) is 30.5 Å². The number of halogens is 2. The SMILES string of the molecule is Cc1cc([N+](=O)[O-])cnc1-c1cccc(Cl)c1Cl. The third-order valence-corrected chi connectivity index (χ3v) is 3.30. The van der Waals surface area contributed by atoms with E-state index in [1.807, 2.05) is 0 Å². The molecule has 0 aliphatic heterocycles. The summed E-state index contributed by atoms with van der Waals surface area (Å²) in [6.45, 7) is 1.74. The second-order valence-electron chi connectivity index (χ2n) is 3.72. The van der Waals surface area contributed by atoms with Gasteiger partial charge in [0.2, 0.25) is 0 Å². The number of benzene rings is 1. The molecule has 0 bridgehead atoms. The summed E-state index contributed by atoms with van der Waals surface area (Å²) < 4.78 is 0. The Morgan fingerprint density at radius 1 is 1.33 bits per heavy atom. The monoisotopic (exact) mass is 282 g/mol.